The van der Waals surface area contributed by atoms with Gasteiger partial charge >= 0.3 is 6.03 Å². The van der Waals surface area contributed by atoms with Crippen LogP contribution in [0, 0.1) is 10.1 Å². The Labute approximate surface area is 181 Å². The highest BCUT2D eigenvalue weighted by atomic mass is 35.5. The normalized spacial score (nSPS) is 18.1. The molecule has 4 rings (SSSR count). The summed E-state index contributed by atoms with van der Waals surface area (Å²) in [7, 11) is 0. The largest absolute Gasteiger partial charge is 0.508 e. The molecule has 1 aliphatic rings. The molecule has 31 heavy (non-hydrogen) atoms. The summed E-state index contributed by atoms with van der Waals surface area (Å²) in [6.45, 7) is 0.666. The van der Waals surface area contributed by atoms with Crippen LogP contribution in [0.1, 0.15) is 18.0 Å². The fourth-order valence-electron chi connectivity index (χ4n) is 3.57. The number of aromatic hydroxyl groups is 1. The number of carbonyl (C=O) groups is 2. The number of non-ortho nitro benzene ring substituents is 1. The summed E-state index contributed by atoms with van der Waals surface area (Å²) in [5.41, 5.74) is 1.01. The number of imide groups is 1. The number of benzene rings is 2. The number of hydrogen-bond donors (Lipinski definition) is 2. The topological polar surface area (TPSA) is 131 Å². The Bertz CT molecular complexity index is 1180. The molecule has 2 N–H and O–H groups in total. The van der Waals surface area contributed by atoms with E-state index in [0.29, 0.717) is 24.0 Å². The summed E-state index contributed by atoms with van der Waals surface area (Å²) < 4.78 is 1.63. The Morgan fingerprint density at radius 3 is 2.81 bits per heavy atom. The Balaban J connectivity index is 1.37. The van der Waals surface area contributed by atoms with E-state index in [1.807, 2.05) is 0 Å². The number of alkyl halides is 1. The molecule has 2 atom stereocenters. The number of halogens is 1. The van der Waals surface area contributed by atoms with Gasteiger partial charge in [0, 0.05) is 36.2 Å². The molecule has 11 heteroatoms. The minimum Gasteiger partial charge on any atom is -0.508 e. The summed E-state index contributed by atoms with van der Waals surface area (Å²) in [6, 6.07) is 9.58. The molecule has 0 radical (unpaired) electrons. The van der Waals surface area contributed by atoms with Crippen molar-refractivity contribution in [2.45, 2.75) is 24.4 Å². The summed E-state index contributed by atoms with van der Waals surface area (Å²) in [5.74, 6) is -0.569. The molecule has 3 aromatic rings. The lowest BCUT2D eigenvalue weighted by Gasteiger charge is -2.42. The Kier molecular flexibility index (Phi) is 5.47. The van der Waals surface area contributed by atoms with E-state index in [-0.39, 0.29) is 18.0 Å². The molecule has 1 aliphatic heterocycles. The van der Waals surface area contributed by atoms with Gasteiger partial charge in [-0.1, -0.05) is 18.2 Å². The van der Waals surface area contributed by atoms with Crippen molar-refractivity contribution in [1.29, 1.82) is 0 Å². The third-order valence-corrected chi connectivity index (χ3v) is 5.59. The second-order valence-corrected chi connectivity index (χ2v) is 7.54. The first-order chi connectivity index (χ1) is 14.9. The van der Waals surface area contributed by atoms with E-state index in [1.54, 1.807) is 35.1 Å². The van der Waals surface area contributed by atoms with Crippen LogP contribution < -0.4 is 5.32 Å². The van der Waals surface area contributed by atoms with Gasteiger partial charge in [0.15, 0.2) is 0 Å². The average Bonchev–Trinajstić information content (AvgIpc) is 3.17. The maximum absolute atomic E-state index is 12.5. The van der Waals surface area contributed by atoms with Crippen molar-refractivity contribution in [3.05, 3.63) is 64.3 Å². The van der Waals surface area contributed by atoms with Crippen LogP contribution in [0.15, 0.2) is 48.7 Å². The summed E-state index contributed by atoms with van der Waals surface area (Å²) in [5, 5.41) is 27.8. The van der Waals surface area contributed by atoms with Gasteiger partial charge in [-0.2, -0.15) is 5.10 Å². The number of rotatable bonds is 6. The van der Waals surface area contributed by atoms with E-state index in [1.165, 1.54) is 18.2 Å². The lowest BCUT2D eigenvalue weighted by atomic mass is 9.93. The molecule has 0 aliphatic carbocycles. The standard InChI is InChI=1S/C20H18ClN5O5/c21-17-18(14-4-1-2-5-16(14)27)25(19(17)28)20(29)22-8-3-9-24-15-10-13(26(30)31)7-6-12(15)11-23-24/h1-2,4-7,10-11,17-18,27H,3,8-9H2,(H,22,29). The quantitative estimate of drug-likeness (QED) is 0.198. The molecule has 1 fully saturated rings. The number of aryl methyl sites for hydroxylation is 1. The highest BCUT2D eigenvalue weighted by Gasteiger charge is 2.51. The number of nitrogens with one attached hydrogen (secondary N) is 1. The third kappa shape index (κ3) is 3.77. The van der Waals surface area contributed by atoms with E-state index < -0.39 is 28.3 Å². The van der Waals surface area contributed by atoms with Crippen molar-refractivity contribution in [1.82, 2.24) is 20.0 Å². The molecule has 2 heterocycles. The van der Waals surface area contributed by atoms with Crippen LogP contribution in [0.4, 0.5) is 10.5 Å². The molecular weight excluding hydrogens is 426 g/mol. The van der Waals surface area contributed by atoms with Crippen molar-refractivity contribution in [3.8, 4) is 5.75 Å². The molecule has 2 unspecified atom stereocenters. The maximum atomic E-state index is 12.5. The molecule has 1 saturated heterocycles. The Hall–Kier alpha value is -3.66. The monoisotopic (exact) mass is 443 g/mol. The number of aromatic nitrogens is 2. The second-order valence-electron chi connectivity index (χ2n) is 7.07. The zero-order valence-corrected chi connectivity index (χ0v) is 16.9. The maximum Gasteiger partial charge on any atom is 0.324 e. The van der Waals surface area contributed by atoms with E-state index in [2.05, 4.69) is 10.4 Å². The van der Waals surface area contributed by atoms with E-state index in [0.717, 1.165) is 10.3 Å². The number of para-hydroxylation sites is 1. The smallest absolute Gasteiger partial charge is 0.324 e. The van der Waals surface area contributed by atoms with Crippen LogP contribution in [-0.4, -0.2) is 48.6 Å². The number of β-lactam (4-membered cyclic amide) rings is 1. The van der Waals surface area contributed by atoms with E-state index >= 15 is 0 Å². The lowest BCUT2D eigenvalue weighted by Crippen LogP contribution is -2.61. The highest BCUT2D eigenvalue weighted by Crippen LogP contribution is 2.41. The number of carbonyl (C=O) groups excluding carboxylic acids is 2. The van der Waals surface area contributed by atoms with Gasteiger partial charge in [-0.3, -0.25) is 24.5 Å². The predicted octanol–water partition coefficient (Wildman–Crippen LogP) is 2.94. The summed E-state index contributed by atoms with van der Waals surface area (Å²) in [6.07, 6.45) is 2.10. The first-order valence-electron chi connectivity index (χ1n) is 9.51. The number of nitro benzene ring substituents is 1. The third-order valence-electron chi connectivity index (χ3n) is 5.16. The number of nitro groups is 1. The molecule has 0 spiro atoms. The van der Waals surface area contributed by atoms with Gasteiger partial charge in [-0.05, 0) is 18.6 Å². The minimum absolute atomic E-state index is 0.0234. The number of urea groups is 1. The molecule has 10 nitrogen and oxygen atoms in total. The van der Waals surface area contributed by atoms with Crippen molar-refractivity contribution in [2.24, 2.45) is 0 Å². The number of fused-ring (bicyclic) bond motifs is 1. The van der Waals surface area contributed by atoms with Crippen LogP contribution in [0.25, 0.3) is 10.9 Å². The fraction of sp³-hybridized carbons (Fsp3) is 0.250. The SMILES string of the molecule is O=C(NCCCn1ncc2ccc([N+](=O)[O-])cc21)N1C(=O)C(Cl)C1c1ccccc1O. The number of phenols is 1. The number of nitrogens with zero attached hydrogens (tertiary/aromatic N) is 4. The molecule has 3 amide bonds. The molecular formula is C20H18ClN5O5. The highest BCUT2D eigenvalue weighted by molar-refractivity contribution is 6.35. The summed E-state index contributed by atoms with van der Waals surface area (Å²) in [4.78, 5) is 36.2. The van der Waals surface area contributed by atoms with Crippen LogP contribution in [-0.2, 0) is 11.3 Å². The van der Waals surface area contributed by atoms with Crippen molar-refractivity contribution >= 4 is 40.1 Å². The number of likely N-dealkylation sites (tertiary alicyclic amines) is 1. The predicted molar refractivity (Wildman–Crippen MR) is 112 cm³/mol. The van der Waals surface area contributed by atoms with Crippen LogP contribution in [0.3, 0.4) is 0 Å². The van der Waals surface area contributed by atoms with Gasteiger partial charge in [0.1, 0.15) is 11.1 Å². The number of phenolic OH excluding ortho intramolecular Hbond substituents is 1. The van der Waals surface area contributed by atoms with Gasteiger partial charge in [0.05, 0.1) is 22.7 Å². The van der Waals surface area contributed by atoms with Crippen LogP contribution in [0.2, 0.25) is 0 Å². The van der Waals surface area contributed by atoms with Gasteiger partial charge in [-0.25, -0.2) is 4.79 Å². The Morgan fingerprint density at radius 2 is 2.06 bits per heavy atom. The van der Waals surface area contributed by atoms with Crippen molar-refractivity contribution in [3.63, 3.8) is 0 Å². The lowest BCUT2D eigenvalue weighted by molar-refractivity contribution is -0.384. The fourth-order valence-corrected chi connectivity index (χ4v) is 3.93. The number of hydrogen-bond acceptors (Lipinski definition) is 6. The van der Waals surface area contributed by atoms with Gasteiger partial charge in [0.25, 0.3) is 11.6 Å². The summed E-state index contributed by atoms with van der Waals surface area (Å²) >= 11 is 6.09. The second kappa shape index (κ2) is 8.23. The zero-order valence-electron chi connectivity index (χ0n) is 16.1. The molecule has 1 aromatic heterocycles. The molecule has 0 bridgehead atoms. The zero-order chi connectivity index (χ0) is 22.1. The average molecular weight is 444 g/mol. The van der Waals surface area contributed by atoms with E-state index in [4.69, 9.17) is 11.6 Å². The van der Waals surface area contributed by atoms with E-state index in [9.17, 15) is 24.8 Å². The van der Waals surface area contributed by atoms with Crippen LogP contribution >= 0.6 is 11.6 Å². The van der Waals surface area contributed by atoms with Gasteiger partial charge < -0.3 is 10.4 Å². The van der Waals surface area contributed by atoms with Gasteiger partial charge in [-0.15, -0.1) is 11.6 Å². The van der Waals surface area contributed by atoms with Gasteiger partial charge in [0.2, 0.25) is 0 Å². The molecule has 160 valence electrons. The van der Waals surface area contributed by atoms with Crippen molar-refractivity contribution < 1.29 is 19.6 Å². The minimum atomic E-state index is -0.926. The van der Waals surface area contributed by atoms with Crippen molar-refractivity contribution in [2.75, 3.05) is 6.54 Å². The van der Waals surface area contributed by atoms with Crippen LogP contribution in [0.5, 0.6) is 5.75 Å². The molecule has 0 saturated carbocycles. The number of amides is 3. The first kappa shape index (κ1) is 20.6. The Morgan fingerprint density at radius 1 is 1.29 bits per heavy atom. The molecule has 2 aromatic carbocycles. The first-order valence-corrected chi connectivity index (χ1v) is 9.95.